The summed E-state index contributed by atoms with van der Waals surface area (Å²) in [5.41, 5.74) is -1.11. The number of Topliss-reactive ketones (excluding diaryl/α,β-unsaturated/α-hetero) is 1. The van der Waals surface area contributed by atoms with Crippen LogP contribution in [0.1, 0.15) is 126 Å². The van der Waals surface area contributed by atoms with Gasteiger partial charge in [-0.3, -0.25) is 4.79 Å². The Morgan fingerprint density at radius 1 is 0.882 bits per heavy atom. The van der Waals surface area contributed by atoms with Gasteiger partial charge in [0.15, 0.2) is 17.0 Å². The molecule has 3 rings (SSSR count). The summed E-state index contributed by atoms with van der Waals surface area (Å²) in [5.74, 6) is 0.936. The standard InChI is InChI=1S/C29H50O5/c1-20(2)12-9-13-21(3)14-10-15-22(4)16-11-17-26(7)18-19-28-27(8,33-28)25(30)23(5)24(6)29(28,32-26)34-31/h20-22,31H,9-19H2,1-8H3/t21-,22-,26-,27?,28?,29?/m1/s1. The van der Waals surface area contributed by atoms with Crippen molar-refractivity contribution in [2.45, 2.75) is 149 Å². The van der Waals surface area contributed by atoms with E-state index in [0.717, 1.165) is 31.1 Å². The number of ketones is 1. The monoisotopic (exact) mass is 478 g/mol. The van der Waals surface area contributed by atoms with Crippen molar-refractivity contribution < 1.29 is 24.4 Å². The van der Waals surface area contributed by atoms with Crippen LogP contribution in [0.15, 0.2) is 11.1 Å². The zero-order valence-corrected chi connectivity index (χ0v) is 23.1. The van der Waals surface area contributed by atoms with Crippen molar-refractivity contribution in [1.29, 1.82) is 0 Å². The van der Waals surface area contributed by atoms with Gasteiger partial charge in [0.05, 0.1) is 5.60 Å². The molecule has 0 saturated carbocycles. The molecule has 0 aromatic heterocycles. The molecule has 3 aliphatic rings. The second-order valence-electron chi connectivity index (χ2n) is 12.7. The number of carbonyl (C=O) groups is 1. The summed E-state index contributed by atoms with van der Waals surface area (Å²) in [5, 5.41) is 10.1. The van der Waals surface area contributed by atoms with Crippen LogP contribution >= 0.6 is 0 Å². The maximum absolute atomic E-state index is 12.8. The summed E-state index contributed by atoms with van der Waals surface area (Å²) in [6, 6.07) is 0. The first-order valence-electron chi connectivity index (χ1n) is 13.8. The third kappa shape index (κ3) is 4.92. The minimum atomic E-state index is -1.40. The lowest BCUT2D eigenvalue weighted by Crippen LogP contribution is -2.65. The fourth-order valence-electron chi connectivity index (χ4n) is 6.60. The zero-order chi connectivity index (χ0) is 25.4. The van der Waals surface area contributed by atoms with Crippen LogP contribution in [-0.2, 0) is 19.2 Å². The van der Waals surface area contributed by atoms with E-state index in [1.165, 1.54) is 44.9 Å². The lowest BCUT2D eigenvalue weighted by Gasteiger charge is -2.51. The van der Waals surface area contributed by atoms with E-state index in [0.29, 0.717) is 23.5 Å². The highest BCUT2D eigenvalue weighted by atomic mass is 17.2. The molecule has 1 aliphatic carbocycles. The topological polar surface area (TPSA) is 68.3 Å². The molecule has 196 valence electrons. The second-order valence-corrected chi connectivity index (χ2v) is 12.7. The summed E-state index contributed by atoms with van der Waals surface area (Å²) < 4.78 is 12.6. The molecule has 6 atom stereocenters. The van der Waals surface area contributed by atoms with Crippen LogP contribution in [0.3, 0.4) is 0 Å². The third-order valence-electron chi connectivity index (χ3n) is 9.27. The Morgan fingerprint density at radius 2 is 1.44 bits per heavy atom. The Morgan fingerprint density at radius 3 is 2.00 bits per heavy atom. The maximum atomic E-state index is 12.8. The SMILES string of the molecule is CC1=C(C)C2(OO)O[C@](C)(CCC[C@H](C)CCC[C@H](C)CCCC(C)C)CCC23OC3(C)C1=O. The molecule has 0 aromatic rings. The Kier molecular flexibility index (Phi) is 8.45. The first-order valence-corrected chi connectivity index (χ1v) is 13.8. The molecule has 1 N–H and O–H groups in total. The molecule has 2 fully saturated rings. The van der Waals surface area contributed by atoms with Crippen molar-refractivity contribution >= 4 is 5.78 Å². The van der Waals surface area contributed by atoms with Crippen molar-refractivity contribution in [1.82, 2.24) is 0 Å². The summed E-state index contributed by atoms with van der Waals surface area (Å²) in [7, 11) is 0. The zero-order valence-electron chi connectivity index (χ0n) is 23.1. The van der Waals surface area contributed by atoms with Crippen molar-refractivity contribution in [2.24, 2.45) is 17.8 Å². The number of ether oxygens (including phenoxy) is 2. The minimum absolute atomic E-state index is 0.0204. The van der Waals surface area contributed by atoms with E-state index in [1.807, 2.05) is 6.92 Å². The van der Waals surface area contributed by atoms with Gasteiger partial charge in [0.25, 0.3) is 5.79 Å². The molecule has 0 radical (unpaired) electrons. The fourth-order valence-corrected chi connectivity index (χ4v) is 6.60. The normalized spacial score (nSPS) is 36.9. The first-order chi connectivity index (χ1) is 15.9. The molecule has 2 aliphatic heterocycles. The van der Waals surface area contributed by atoms with Crippen LogP contribution in [0, 0.1) is 17.8 Å². The first kappa shape index (κ1) is 27.8. The highest BCUT2D eigenvalue weighted by Crippen LogP contribution is 2.68. The van der Waals surface area contributed by atoms with Crippen molar-refractivity contribution in [3.63, 3.8) is 0 Å². The van der Waals surface area contributed by atoms with Gasteiger partial charge in [-0.15, -0.1) is 0 Å². The van der Waals surface area contributed by atoms with Crippen molar-refractivity contribution in [2.75, 3.05) is 0 Å². The van der Waals surface area contributed by atoms with Gasteiger partial charge in [0.2, 0.25) is 0 Å². The van der Waals surface area contributed by atoms with Gasteiger partial charge in [-0.05, 0) is 75.9 Å². The van der Waals surface area contributed by atoms with Crippen LogP contribution < -0.4 is 0 Å². The lowest BCUT2D eigenvalue weighted by atomic mass is 9.67. The van der Waals surface area contributed by atoms with E-state index in [-0.39, 0.29) is 5.78 Å². The summed E-state index contributed by atoms with van der Waals surface area (Å²) >= 11 is 0. The summed E-state index contributed by atoms with van der Waals surface area (Å²) in [6.45, 7) is 16.9. The molecule has 0 amide bonds. The number of hydrogen-bond donors (Lipinski definition) is 1. The van der Waals surface area contributed by atoms with Crippen LogP contribution in [0.4, 0.5) is 0 Å². The third-order valence-corrected chi connectivity index (χ3v) is 9.27. The molecule has 0 aromatic carbocycles. The van der Waals surface area contributed by atoms with Crippen LogP contribution in [-0.4, -0.2) is 33.6 Å². The molecule has 2 heterocycles. The molecule has 0 bridgehead atoms. The molecule has 1 spiro atoms. The predicted molar refractivity (Wildman–Crippen MR) is 135 cm³/mol. The van der Waals surface area contributed by atoms with E-state index in [2.05, 4.69) is 34.6 Å². The molecule has 5 heteroatoms. The average Bonchev–Trinajstić information content (AvgIpc) is 3.40. The largest absolute Gasteiger partial charge is 0.348 e. The van der Waals surface area contributed by atoms with Gasteiger partial charge in [0.1, 0.15) is 0 Å². The van der Waals surface area contributed by atoms with E-state index in [1.54, 1.807) is 13.8 Å². The van der Waals surface area contributed by atoms with Crippen LogP contribution in [0.5, 0.6) is 0 Å². The van der Waals surface area contributed by atoms with Gasteiger partial charge >= 0.3 is 0 Å². The van der Waals surface area contributed by atoms with Crippen LogP contribution in [0.2, 0.25) is 0 Å². The quantitative estimate of drug-likeness (QED) is 0.167. The Balaban J connectivity index is 1.48. The van der Waals surface area contributed by atoms with Crippen LogP contribution in [0.25, 0.3) is 0 Å². The second kappa shape index (κ2) is 10.3. The van der Waals surface area contributed by atoms with E-state index in [9.17, 15) is 10.1 Å². The van der Waals surface area contributed by atoms with Gasteiger partial charge < -0.3 is 9.47 Å². The lowest BCUT2D eigenvalue weighted by molar-refractivity contribution is -0.438. The molecular formula is C29H50O5. The summed E-state index contributed by atoms with van der Waals surface area (Å²) in [4.78, 5) is 18.0. The summed E-state index contributed by atoms with van der Waals surface area (Å²) in [6.07, 6.45) is 12.6. The molecule has 5 nitrogen and oxygen atoms in total. The number of epoxide rings is 1. The maximum Gasteiger partial charge on any atom is 0.257 e. The van der Waals surface area contributed by atoms with Gasteiger partial charge in [-0.2, -0.15) is 4.89 Å². The van der Waals surface area contributed by atoms with Crippen molar-refractivity contribution in [3.8, 4) is 0 Å². The van der Waals surface area contributed by atoms with E-state index >= 15 is 0 Å². The Bertz CT molecular complexity index is 774. The molecule has 34 heavy (non-hydrogen) atoms. The number of carbonyl (C=O) groups excluding carboxylic acids is 1. The number of hydrogen-bond acceptors (Lipinski definition) is 5. The van der Waals surface area contributed by atoms with E-state index < -0.39 is 22.6 Å². The predicted octanol–water partition coefficient (Wildman–Crippen LogP) is 7.63. The highest BCUT2D eigenvalue weighted by molar-refractivity contribution is 6.07. The Hall–Kier alpha value is -0.750. The molecule has 3 unspecified atom stereocenters. The van der Waals surface area contributed by atoms with Gasteiger partial charge in [0, 0.05) is 0 Å². The Labute approximate surface area is 207 Å². The fraction of sp³-hybridized carbons (Fsp3) is 0.897. The van der Waals surface area contributed by atoms with E-state index in [4.69, 9.17) is 14.4 Å². The average molecular weight is 479 g/mol. The smallest absolute Gasteiger partial charge is 0.257 e. The van der Waals surface area contributed by atoms with Gasteiger partial charge in [-0.25, -0.2) is 5.26 Å². The molecular weight excluding hydrogens is 428 g/mol. The minimum Gasteiger partial charge on any atom is -0.348 e. The highest BCUT2D eigenvalue weighted by Gasteiger charge is 2.86. The van der Waals surface area contributed by atoms with Gasteiger partial charge in [-0.1, -0.05) is 79.1 Å². The molecule has 2 saturated heterocycles. The van der Waals surface area contributed by atoms with Crippen molar-refractivity contribution in [3.05, 3.63) is 11.1 Å². The number of rotatable bonds is 13.